The monoisotopic (exact) mass is 545 g/mol. The number of nitrogens with one attached hydrogen (secondary N) is 2. The number of aliphatic imine (C=N–C) groups is 1. The van der Waals surface area contributed by atoms with Crippen molar-refractivity contribution >= 4 is 35.6 Å². The number of benzene rings is 1. The van der Waals surface area contributed by atoms with E-state index in [4.69, 9.17) is 4.99 Å². The fourth-order valence-electron chi connectivity index (χ4n) is 4.16. The Morgan fingerprint density at radius 1 is 1.19 bits per heavy atom. The summed E-state index contributed by atoms with van der Waals surface area (Å²) in [7, 11) is 0. The predicted octanol–water partition coefficient (Wildman–Crippen LogP) is 3.23. The lowest BCUT2D eigenvalue weighted by Crippen LogP contribution is -2.44. The van der Waals surface area contributed by atoms with Crippen molar-refractivity contribution in [3.05, 3.63) is 41.5 Å². The fourth-order valence-corrected chi connectivity index (χ4v) is 4.16. The Morgan fingerprint density at radius 3 is 2.87 bits per heavy atom. The molecule has 1 fully saturated rings. The van der Waals surface area contributed by atoms with Gasteiger partial charge >= 0.3 is 0 Å². The molecule has 0 aliphatic carbocycles. The van der Waals surface area contributed by atoms with Gasteiger partial charge < -0.3 is 20.1 Å². The van der Waals surface area contributed by atoms with Gasteiger partial charge in [-0.05, 0) is 38.3 Å². The third-order valence-electron chi connectivity index (χ3n) is 5.69. The third-order valence-corrected chi connectivity index (χ3v) is 5.69. The number of hydrogen-bond donors (Lipinski definition) is 2. The Kier molecular flexibility index (Phi) is 8.44. The highest BCUT2D eigenvalue weighted by Crippen LogP contribution is 2.24. The van der Waals surface area contributed by atoms with Gasteiger partial charge in [0.15, 0.2) is 11.8 Å². The van der Waals surface area contributed by atoms with E-state index in [9.17, 15) is 8.78 Å². The van der Waals surface area contributed by atoms with Crippen LogP contribution in [0, 0.1) is 11.6 Å². The van der Waals surface area contributed by atoms with E-state index in [2.05, 4.69) is 25.4 Å². The zero-order chi connectivity index (χ0) is 20.9. The normalized spacial score (nSPS) is 18.9. The van der Waals surface area contributed by atoms with Crippen LogP contribution in [-0.2, 0) is 19.5 Å². The third kappa shape index (κ3) is 5.83. The number of guanidine groups is 1. The second kappa shape index (κ2) is 11.1. The molecule has 3 heterocycles. The lowest BCUT2D eigenvalue weighted by Gasteiger charge is -2.21. The molecule has 2 aromatic rings. The fraction of sp³-hybridized carbons (Fsp3) is 0.571. The summed E-state index contributed by atoms with van der Waals surface area (Å²) in [6.07, 6.45) is 5.37. The molecule has 1 aromatic heterocycles. The molecule has 0 amide bonds. The first-order valence-electron chi connectivity index (χ1n) is 10.8. The second-order valence-electron chi connectivity index (χ2n) is 7.86. The molecular formula is C21H30F2IN7. The number of halogens is 3. The molecule has 2 N–H and O–H groups in total. The zero-order valence-electron chi connectivity index (χ0n) is 17.8. The van der Waals surface area contributed by atoms with Crippen molar-refractivity contribution in [2.45, 2.75) is 58.2 Å². The lowest BCUT2D eigenvalue weighted by atomic mass is 10.2. The van der Waals surface area contributed by atoms with Gasteiger partial charge in [-0.1, -0.05) is 6.42 Å². The Labute approximate surface area is 198 Å². The van der Waals surface area contributed by atoms with E-state index in [1.54, 1.807) is 0 Å². The molecule has 0 spiro atoms. The Hall–Kier alpha value is -1.98. The lowest BCUT2D eigenvalue weighted by molar-refractivity contribution is 0.580. The van der Waals surface area contributed by atoms with E-state index in [0.29, 0.717) is 25.3 Å². The Bertz CT molecular complexity index is 902. The molecule has 0 radical (unpaired) electrons. The van der Waals surface area contributed by atoms with Crippen LogP contribution < -0.4 is 15.5 Å². The molecular weight excluding hydrogens is 515 g/mol. The van der Waals surface area contributed by atoms with Crippen molar-refractivity contribution in [1.82, 2.24) is 25.4 Å². The molecule has 2 aliphatic heterocycles. The van der Waals surface area contributed by atoms with Gasteiger partial charge in [-0.15, -0.1) is 34.2 Å². The van der Waals surface area contributed by atoms with Crippen LogP contribution in [0.15, 0.2) is 23.2 Å². The summed E-state index contributed by atoms with van der Waals surface area (Å²) >= 11 is 0. The molecule has 1 aromatic carbocycles. The summed E-state index contributed by atoms with van der Waals surface area (Å²) < 4.78 is 29.5. The van der Waals surface area contributed by atoms with Crippen LogP contribution in [0.5, 0.6) is 0 Å². The van der Waals surface area contributed by atoms with Crippen molar-refractivity contribution in [3.63, 3.8) is 0 Å². The summed E-state index contributed by atoms with van der Waals surface area (Å²) in [4.78, 5) is 6.65. The largest absolute Gasteiger partial charge is 0.367 e. The minimum Gasteiger partial charge on any atom is -0.367 e. The minimum absolute atomic E-state index is 0. The SMILES string of the molecule is CCNC(=NCc1nnc2n1CCCCC2)NC1CCN(c2ccc(F)cc2F)C1.I. The molecule has 1 saturated heterocycles. The van der Waals surface area contributed by atoms with Gasteiger partial charge in [0.05, 0.1) is 5.69 Å². The highest BCUT2D eigenvalue weighted by atomic mass is 127. The standard InChI is InChI=1S/C21H29F2N7.HI/c1-2-24-21(25-13-20-28-27-19-6-4-3-5-10-30(19)20)26-16-9-11-29(14-16)18-8-7-15(22)12-17(18)23;/h7-8,12,16H,2-6,9-11,13-14H2,1H3,(H2,24,25,26);1H. The van der Waals surface area contributed by atoms with Crippen LogP contribution in [0.2, 0.25) is 0 Å². The maximum atomic E-state index is 14.1. The number of nitrogens with zero attached hydrogens (tertiary/aromatic N) is 5. The van der Waals surface area contributed by atoms with Crippen LogP contribution in [0.4, 0.5) is 14.5 Å². The van der Waals surface area contributed by atoms with Gasteiger partial charge in [0.2, 0.25) is 0 Å². The summed E-state index contributed by atoms with van der Waals surface area (Å²) in [5.74, 6) is 1.59. The van der Waals surface area contributed by atoms with Crippen molar-refractivity contribution in [1.29, 1.82) is 0 Å². The average molecular weight is 545 g/mol. The highest BCUT2D eigenvalue weighted by molar-refractivity contribution is 14.0. The number of aromatic nitrogens is 3. The molecule has 7 nitrogen and oxygen atoms in total. The van der Waals surface area contributed by atoms with E-state index in [-0.39, 0.29) is 30.0 Å². The first-order valence-corrected chi connectivity index (χ1v) is 10.8. The van der Waals surface area contributed by atoms with Gasteiger partial charge in [-0.3, -0.25) is 0 Å². The van der Waals surface area contributed by atoms with E-state index >= 15 is 0 Å². The summed E-state index contributed by atoms with van der Waals surface area (Å²) in [6, 6.07) is 3.86. The quantitative estimate of drug-likeness (QED) is 0.343. The number of aryl methyl sites for hydroxylation is 1. The van der Waals surface area contributed by atoms with Crippen LogP contribution in [0.1, 0.15) is 44.3 Å². The van der Waals surface area contributed by atoms with Crippen LogP contribution in [-0.4, -0.2) is 46.4 Å². The topological polar surface area (TPSA) is 70.4 Å². The first-order chi connectivity index (χ1) is 14.6. The molecule has 4 rings (SSSR count). The molecule has 0 saturated carbocycles. The van der Waals surface area contributed by atoms with Crippen molar-refractivity contribution in [3.8, 4) is 0 Å². The van der Waals surface area contributed by atoms with E-state index in [1.165, 1.54) is 25.0 Å². The van der Waals surface area contributed by atoms with Gasteiger partial charge in [-0.2, -0.15) is 0 Å². The molecule has 1 atom stereocenters. The maximum Gasteiger partial charge on any atom is 0.191 e. The zero-order valence-corrected chi connectivity index (χ0v) is 20.1. The number of rotatable bonds is 5. The number of fused-ring (bicyclic) bond motifs is 1. The number of hydrogen-bond acceptors (Lipinski definition) is 4. The number of anilines is 1. The van der Waals surface area contributed by atoms with E-state index in [0.717, 1.165) is 56.0 Å². The predicted molar refractivity (Wildman–Crippen MR) is 128 cm³/mol. The van der Waals surface area contributed by atoms with Crippen LogP contribution >= 0.6 is 24.0 Å². The molecule has 170 valence electrons. The highest BCUT2D eigenvalue weighted by Gasteiger charge is 2.25. The maximum absolute atomic E-state index is 14.1. The second-order valence-corrected chi connectivity index (χ2v) is 7.86. The van der Waals surface area contributed by atoms with E-state index in [1.807, 2.05) is 11.8 Å². The summed E-state index contributed by atoms with van der Waals surface area (Å²) in [5, 5.41) is 15.4. The smallest absolute Gasteiger partial charge is 0.191 e. The van der Waals surface area contributed by atoms with Crippen LogP contribution in [0.25, 0.3) is 0 Å². The van der Waals surface area contributed by atoms with Gasteiger partial charge in [0.1, 0.15) is 24.0 Å². The Morgan fingerprint density at radius 2 is 2.06 bits per heavy atom. The van der Waals surface area contributed by atoms with Gasteiger partial charge in [0, 0.05) is 44.7 Å². The van der Waals surface area contributed by atoms with Gasteiger partial charge in [-0.25, -0.2) is 13.8 Å². The molecule has 2 aliphatic rings. The summed E-state index contributed by atoms with van der Waals surface area (Å²) in [5.41, 5.74) is 0.439. The van der Waals surface area contributed by atoms with E-state index < -0.39 is 11.6 Å². The van der Waals surface area contributed by atoms with Gasteiger partial charge in [0.25, 0.3) is 0 Å². The molecule has 31 heavy (non-hydrogen) atoms. The van der Waals surface area contributed by atoms with Crippen molar-refractivity contribution < 1.29 is 8.78 Å². The average Bonchev–Trinajstić information content (AvgIpc) is 3.26. The first kappa shape index (κ1) is 23.7. The Balaban J connectivity index is 0.00000272. The molecule has 10 heteroatoms. The minimum atomic E-state index is -0.557. The van der Waals surface area contributed by atoms with Crippen LogP contribution in [0.3, 0.4) is 0 Å². The summed E-state index contributed by atoms with van der Waals surface area (Å²) in [6.45, 7) is 5.52. The molecule has 1 unspecified atom stereocenters. The van der Waals surface area contributed by atoms with Crippen molar-refractivity contribution in [2.24, 2.45) is 4.99 Å². The molecule has 0 bridgehead atoms. The van der Waals surface area contributed by atoms with Crippen molar-refractivity contribution in [2.75, 3.05) is 24.5 Å².